The Morgan fingerprint density at radius 3 is 2.33 bits per heavy atom. The van der Waals surface area contributed by atoms with Crippen LogP contribution in [0.5, 0.6) is 0 Å². The van der Waals surface area contributed by atoms with Crippen LogP contribution in [0.1, 0.15) is 22.3 Å². The van der Waals surface area contributed by atoms with Crippen molar-refractivity contribution in [2.75, 3.05) is 53.0 Å². The standard InChI is InChI=1S/C18H24F3N3O3/c1-27-13-12-24(9-6-16(25)23-10-7-22-8-11-23)17(26)14-2-4-15(5-3-14)18(19,20)21/h2-5,22H,6-13H2,1H3. The second-order valence-electron chi connectivity index (χ2n) is 6.24. The van der Waals surface area contributed by atoms with Gasteiger partial charge in [0, 0.05) is 58.4 Å². The summed E-state index contributed by atoms with van der Waals surface area (Å²) in [5.41, 5.74) is -0.662. The molecule has 0 spiro atoms. The molecule has 0 atom stereocenters. The summed E-state index contributed by atoms with van der Waals surface area (Å²) in [5.74, 6) is -0.465. The van der Waals surface area contributed by atoms with Crippen LogP contribution < -0.4 is 5.32 Å². The van der Waals surface area contributed by atoms with Crippen LogP contribution in [-0.2, 0) is 15.7 Å². The van der Waals surface area contributed by atoms with Crippen LogP contribution in [0, 0.1) is 0 Å². The van der Waals surface area contributed by atoms with E-state index in [0.29, 0.717) is 13.1 Å². The van der Waals surface area contributed by atoms with Gasteiger partial charge in [0.25, 0.3) is 5.91 Å². The van der Waals surface area contributed by atoms with E-state index in [-0.39, 0.29) is 37.6 Å². The van der Waals surface area contributed by atoms with Gasteiger partial charge in [0.05, 0.1) is 12.2 Å². The number of hydrogen-bond acceptors (Lipinski definition) is 4. The van der Waals surface area contributed by atoms with E-state index >= 15 is 0 Å². The topological polar surface area (TPSA) is 61.9 Å². The molecule has 2 amide bonds. The molecule has 2 rings (SSSR count). The highest BCUT2D eigenvalue weighted by molar-refractivity contribution is 5.94. The summed E-state index contributed by atoms with van der Waals surface area (Å²) in [6.45, 7) is 3.45. The maximum Gasteiger partial charge on any atom is 0.416 e. The largest absolute Gasteiger partial charge is 0.416 e. The third-order valence-electron chi connectivity index (χ3n) is 4.38. The number of amides is 2. The number of alkyl halides is 3. The van der Waals surface area contributed by atoms with Crippen LogP contribution in [0.25, 0.3) is 0 Å². The molecule has 1 aromatic rings. The van der Waals surface area contributed by atoms with Gasteiger partial charge in [-0.05, 0) is 24.3 Å². The van der Waals surface area contributed by atoms with Gasteiger partial charge >= 0.3 is 6.18 Å². The summed E-state index contributed by atoms with van der Waals surface area (Å²) in [6, 6.07) is 4.08. The number of rotatable bonds is 7. The zero-order valence-corrected chi connectivity index (χ0v) is 15.2. The highest BCUT2D eigenvalue weighted by Crippen LogP contribution is 2.29. The molecule has 0 radical (unpaired) electrons. The number of carbonyl (C=O) groups excluding carboxylic acids is 2. The summed E-state index contributed by atoms with van der Waals surface area (Å²) in [6.07, 6.45) is -4.29. The molecule has 1 aromatic carbocycles. The fourth-order valence-corrected chi connectivity index (χ4v) is 2.80. The van der Waals surface area contributed by atoms with E-state index in [1.807, 2.05) is 0 Å². The van der Waals surface area contributed by atoms with Crippen molar-refractivity contribution in [2.24, 2.45) is 0 Å². The minimum atomic E-state index is -4.45. The lowest BCUT2D eigenvalue weighted by atomic mass is 10.1. The molecule has 6 nitrogen and oxygen atoms in total. The Labute approximate surface area is 156 Å². The van der Waals surface area contributed by atoms with Crippen LogP contribution in [0.2, 0.25) is 0 Å². The number of benzene rings is 1. The molecule has 1 heterocycles. The van der Waals surface area contributed by atoms with E-state index < -0.39 is 17.6 Å². The van der Waals surface area contributed by atoms with Crippen molar-refractivity contribution in [3.8, 4) is 0 Å². The van der Waals surface area contributed by atoms with Crippen LogP contribution >= 0.6 is 0 Å². The second kappa shape index (κ2) is 9.70. The van der Waals surface area contributed by atoms with Crippen LogP contribution in [0.4, 0.5) is 13.2 Å². The molecule has 27 heavy (non-hydrogen) atoms. The third-order valence-corrected chi connectivity index (χ3v) is 4.38. The van der Waals surface area contributed by atoms with Gasteiger partial charge in [-0.25, -0.2) is 0 Å². The van der Waals surface area contributed by atoms with Gasteiger partial charge in [-0.15, -0.1) is 0 Å². The van der Waals surface area contributed by atoms with Crippen molar-refractivity contribution in [1.82, 2.24) is 15.1 Å². The Morgan fingerprint density at radius 2 is 1.78 bits per heavy atom. The molecule has 1 fully saturated rings. The lowest BCUT2D eigenvalue weighted by molar-refractivity contribution is -0.137. The molecule has 1 aliphatic heterocycles. The maximum absolute atomic E-state index is 12.7. The molecular weight excluding hydrogens is 363 g/mol. The van der Waals surface area contributed by atoms with E-state index in [0.717, 1.165) is 37.4 Å². The first-order valence-corrected chi connectivity index (χ1v) is 8.77. The van der Waals surface area contributed by atoms with Crippen LogP contribution in [-0.4, -0.2) is 74.6 Å². The number of hydrogen-bond donors (Lipinski definition) is 1. The predicted octanol–water partition coefficient (Wildman–Crippen LogP) is 1.62. The van der Waals surface area contributed by atoms with E-state index in [1.165, 1.54) is 12.0 Å². The predicted molar refractivity (Wildman–Crippen MR) is 93.3 cm³/mol. The molecule has 9 heteroatoms. The molecule has 0 unspecified atom stereocenters. The number of ether oxygens (including phenoxy) is 1. The van der Waals surface area contributed by atoms with Gasteiger partial charge < -0.3 is 19.9 Å². The van der Waals surface area contributed by atoms with Gasteiger partial charge in [0.1, 0.15) is 0 Å². The molecule has 0 bridgehead atoms. The maximum atomic E-state index is 12.7. The Balaban J connectivity index is 2.01. The molecule has 1 aliphatic rings. The zero-order valence-electron chi connectivity index (χ0n) is 15.2. The van der Waals surface area contributed by atoms with E-state index in [9.17, 15) is 22.8 Å². The van der Waals surface area contributed by atoms with Crippen molar-refractivity contribution in [3.63, 3.8) is 0 Å². The van der Waals surface area contributed by atoms with E-state index in [2.05, 4.69) is 5.32 Å². The molecule has 1 saturated heterocycles. The fourth-order valence-electron chi connectivity index (χ4n) is 2.80. The summed E-state index contributed by atoms with van der Waals surface area (Å²) >= 11 is 0. The number of nitrogens with one attached hydrogen (secondary N) is 1. The van der Waals surface area contributed by atoms with Crippen molar-refractivity contribution in [1.29, 1.82) is 0 Å². The van der Waals surface area contributed by atoms with Crippen molar-refractivity contribution < 1.29 is 27.5 Å². The average molecular weight is 387 g/mol. The first-order chi connectivity index (χ1) is 12.8. The minimum Gasteiger partial charge on any atom is -0.383 e. The molecule has 1 N–H and O–H groups in total. The lowest BCUT2D eigenvalue weighted by Gasteiger charge is -2.29. The quantitative estimate of drug-likeness (QED) is 0.772. The van der Waals surface area contributed by atoms with Crippen molar-refractivity contribution in [3.05, 3.63) is 35.4 Å². The monoisotopic (exact) mass is 387 g/mol. The lowest BCUT2D eigenvalue weighted by Crippen LogP contribution is -2.47. The summed E-state index contributed by atoms with van der Waals surface area (Å²) < 4.78 is 43.0. The Bertz CT molecular complexity index is 629. The third kappa shape index (κ3) is 6.21. The van der Waals surface area contributed by atoms with E-state index in [4.69, 9.17) is 4.74 Å². The number of piperazine rings is 1. The molecule has 0 saturated carbocycles. The van der Waals surface area contributed by atoms with Crippen molar-refractivity contribution in [2.45, 2.75) is 12.6 Å². The fraction of sp³-hybridized carbons (Fsp3) is 0.556. The molecule has 150 valence electrons. The first kappa shape index (κ1) is 21.2. The molecular formula is C18H24F3N3O3. The number of nitrogens with zero attached hydrogens (tertiary/aromatic N) is 2. The van der Waals surface area contributed by atoms with Gasteiger partial charge in [-0.3, -0.25) is 9.59 Å². The molecule has 0 aromatic heterocycles. The van der Waals surface area contributed by atoms with Crippen LogP contribution in [0.15, 0.2) is 24.3 Å². The number of halogens is 3. The van der Waals surface area contributed by atoms with E-state index in [1.54, 1.807) is 4.90 Å². The van der Waals surface area contributed by atoms with Gasteiger partial charge in [-0.2, -0.15) is 13.2 Å². The van der Waals surface area contributed by atoms with Crippen molar-refractivity contribution >= 4 is 11.8 Å². The average Bonchev–Trinajstić information content (AvgIpc) is 2.67. The molecule has 0 aliphatic carbocycles. The second-order valence-corrected chi connectivity index (χ2v) is 6.24. The Hall–Kier alpha value is -2.13. The SMILES string of the molecule is COCCN(CCC(=O)N1CCNCC1)C(=O)c1ccc(C(F)(F)F)cc1. The van der Waals surface area contributed by atoms with Gasteiger partial charge in [0.15, 0.2) is 0 Å². The minimum absolute atomic E-state index is 0.0425. The Kier molecular flexibility index (Phi) is 7.61. The zero-order chi connectivity index (χ0) is 19.9. The smallest absolute Gasteiger partial charge is 0.383 e. The number of methoxy groups -OCH3 is 1. The normalized spacial score (nSPS) is 14.9. The summed E-state index contributed by atoms with van der Waals surface area (Å²) in [4.78, 5) is 28.1. The van der Waals surface area contributed by atoms with Gasteiger partial charge in [-0.1, -0.05) is 0 Å². The Morgan fingerprint density at radius 1 is 1.15 bits per heavy atom. The number of carbonyl (C=O) groups is 2. The summed E-state index contributed by atoms with van der Waals surface area (Å²) in [5, 5.41) is 3.16. The van der Waals surface area contributed by atoms with Crippen LogP contribution in [0.3, 0.4) is 0 Å². The van der Waals surface area contributed by atoms with Gasteiger partial charge in [0.2, 0.25) is 5.91 Å². The first-order valence-electron chi connectivity index (χ1n) is 8.77. The highest BCUT2D eigenvalue weighted by atomic mass is 19.4. The highest BCUT2D eigenvalue weighted by Gasteiger charge is 2.30. The summed E-state index contributed by atoms with van der Waals surface area (Å²) in [7, 11) is 1.49.